The van der Waals surface area contributed by atoms with Crippen LogP contribution in [-0.2, 0) is 36.5 Å². The van der Waals surface area contributed by atoms with Crippen molar-refractivity contribution in [3.05, 3.63) is 54.1 Å². The molecule has 4 rings (SSSR count). The van der Waals surface area contributed by atoms with Gasteiger partial charge in [0.1, 0.15) is 0 Å². The van der Waals surface area contributed by atoms with Gasteiger partial charge >= 0.3 is 0 Å². The first-order chi connectivity index (χ1) is 18.9. The number of nitrogens with two attached hydrogens (primary N) is 1. The molecule has 4 atom stereocenters. The van der Waals surface area contributed by atoms with Gasteiger partial charge in [0.05, 0.1) is 14.7 Å². The summed E-state index contributed by atoms with van der Waals surface area (Å²) in [6.45, 7) is 2.05. The van der Waals surface area contributed by atoms with Crippen LogP contribution in [0.3, 0.4) is 0 Å². The molecule has 40 heavy (non-hydrogen) atoms. The fourth-order valence-electron chi connectivity index (χ4n) is 5.45. The molecule has 0 radical (unpaired) electrons. The molecular formula is C27H40N4O6S3. The molecule has 0 spiro atoms. The van der Waals surface area contributed by atoms with E-state index in [1.54, 1.807) is 24.3 Å². The van der Waals surface area contributed by atoms with Crippen molar-refractivity contribution in [1.29, 1.82) is 0 Å². The maximum absolute atomic E-state index is 13.4. The van der Waals surface area contributed by atoms with Crippen molar-refractivity contribution >= 4 is 30.1 Å². The van der Waals surface area contributed by atoms with Gasteiger partial charge in [-0.15, -0.1) is 0 Å². The molecule has 0 bridgehead atoms. The molecule has 10 nitrogen and oxygen atoms in total. The van der Waals surface area contributed by atoms with Gasteiger partial charge in [0, 0.05) is 24.2 Å². The number of rotatable bonds is 11. The lowest BCUT2D eigenvalue weighted by atomic mass is 9.92. The van der Waals surface area contributed by atoms with Gasteiger partial charge in [-0.25, -0.2) is 39.4 Å². The van der Waals surface area contributed by atoms with E-state index in [1.165, 1.54) is 18.2 Å². The highest BCUT2D eigenvalue weighted by Gasteiger charge is 2.33. The SMILES string of the molecule is CCCc1ccc(S(=O)(=O)N[C@@H]2CCCC[C@H]2NS(=O)(=O)c2cccc(S(=O)(=O)N[C@@H]3CCCC[C@H]3N)c2)cc1. The van der Waals surface area contributed by atoms with Crippen LogP contribution in [0, 0.1) is 0 Å². The third-order valence-corrected chi connectivity index (χ3v) is 12.2. The Kier molecular flexibility index (Phi) is 10.1. The van der Waals surface area contributed by atoms with Gasteiger partial charge in [0.15, 0.2) is 0 Å². The van der Waals surface area contributed by atoms with E-state index in [9.17, 15) is 25.3 Å². The average molecular weight is 613 g/mol. The van der Waals surface area contributed by atoms with Crippen LogP contribution in [0.25, 0.3) is 0 Å². The van der Waals surface area contributed by atoms with Crippen LogP contribution in [0.5, 0.6) is 0 Å². The van der Waals surface area contributed by atoms with E-state index >= 15 is 0 Å². The highest BCUT2D eigenvalue weighted by Crippen LogP contribution is 2.25. The minimum atomic E-state index is -4.15. The van der Waals surface area contributed by atoms with Crippen LogP contribution in [0.15, 0.2) is 63.2 Å². The summed E-state index contributed by atoms with van der Waals surface area (Å²) in [7, 11) is -12.0. The molecule has 0 aliphatic heterocycles. The van der Waals surface area contributed by atoms with Gasteiger partial charge in [-0.1, -0.05) is 57.2 Å². The molecule has 2 fully saturated rings. The highest BCUT2D eigenvalue weighted by molar-refractivity contribution is 7.90. The van der Waals surface area contributed by atoms with Crippen molar-refractivity contribution < 1.29 is 25.3 Å². The van der Waals surface area contributed by atoms with Crippen LogP contribution in [0.2, 0.25) is 0 Å². The molecule has 0 heterocycles. The predicted molar refractivity (Wildman–Crippen MR) is 154 cm³/mol. The first-order valence-electron chi connectivity index (χ1n) is 13.9. The number of hydrogen-bond acceptors (Lipinski definition) is 7. The lowest BCUT2D eigenvalue weighted by Crippen LogP contribution is -2.53. The molecular weight excluding hydrogens is 573 g/mol. The second kappa shape index (κ2) is 13.0. The second-order valence-electron chi connectivity index (χ2n) is 10.8. The first-order valence-corrected chi connectivity index (χ1v) is 18.4. The van der Waals surface area contributed by atoms with Crippen molar-refractivity contribution in [3.63, 3.8) is 0 Å². The minimum Gasteiger partial charge on any atom is -0.326 e. The smallest absolute Gasteiger partial charge is 0.240 e. The summed E-state index contributed by atoms with van der Waals surface area (Å²) in [5.41, 5.74) is 7.15. The predicted octanol–water partition coefficient (Wildman–Crippen LogP) is 2.76. The summed E-state index contributed by atoms with van der Waals surface area (Å²) in [4.78, 5) is -0.245. The fourth-order valence-corrected chi connectivity index (χ4v) is 9.56. The topological polar surface area (TPSA) is 165 Å². The summed E-state index contributed by atoms with van der Waals surface area (Å²) < 4.78 is 87.1. The Bertz CT molecular complexity index is 1480. The molecule has 2 aliphatic carbocycles. The third-order valence-electron chi connectivity index (χ3n) is 7.70. The Morgan fingerprint density at radius 1 is 0.650 bits per heavy atom. The summed E-state index contributed by atoms with van der Waals surface area (Å²) in [6, 6.07) is 9.85. The minimum absolute atomic E-state index is 0.127. The Hall–Kier alpha value is -1.87. The Balaban J connectivity index is 1.49. The molecule has 0 aromatic heterocycles. The molecule has 5 N–H and O–H groups in total. The van der Waals surface area contributed by atoms with Crippen LogP contribution in [0.4, 0.5) is 0 Å². The van der Waals surface area contributed by atoms with Crippen molar-refractivity contribution in [2.75, 3.05) is 0 Å². The van der Waals surface area contributed by atoms with E-state index < -0.39 is 48.2 Å². The zero-order valence-electron chi connectivity index (χ0n) is 22.8. The first kappa shape index (κ1) is 31.1. The van der Waals surface area contributed by atoms with E-state index in [2.05, 4.69) is 21.1 Å². The zero-order chi connectivity index (χ0) is 29.0. The lowest BCUT2D eigenvalue weighted by molar-refractivity contribution is 0.340. The Labute approximate surface area is 238 Å². The second-order valence-corrected chi connectivity index (χ2v) is 15.9. The van der Waals surface area contributed by atoms with Gasteiger partial charge in [0.25, 0.3) is 0 Å². The maximum atomic E-state index is 13.4. The molecule has 13 heteroatoms. The largest absolute Gasteiger partial charge is 0.326 e. The van der Waals surface area contributed by atoms with Crippen molar-refractivity contribution in [2.24, 2.45) is 5.73 Å². The van der Waals surface area contributed by atoms with Crippen LogP contribution in [0.1, 0.15) is 70.3 Å². The lowest BCUT2D eigenvalue weighted by Gasteiger charge is -2.32. The summed E-state index contributed by atoms with van der Waals surface area (Å²) in [5.74, 6) is 0. The van der Waals surface area contributed by atoms with E-state index in [-0.39, 0.29) is 20.7 Å². The fraction of sp³-hybridized carbons (Fsp3) is 0.556. The molecule has 222 valence electrons. The Morgan fingerprint density at radius 3 is 1.60 bits per heavy atom. The standard InChI is InChI=1S/C27H40N4O6S3/c1-2-8-20-15-17-21(18-16-20)38(32,33)30-26-13-5-6-14-27(26)31-40(36,37)23-10-7-9-22(19-23)39(34,35)29-25-12-4-3-11-24(25)28/h7,9-10,15-19,24-27,29-31H,2-6,8,11-14,28H2,1H3/t24-,25-,26-,27-/m1/s1. The van der Waals surface area contributed by atoms with E-state index in [0.717, 1.165) is 56.6 Å². The third kappa shape index (κ3) is 7.69. The van der Waals surface area contributed by atoms with Gasteiger partial charge in [0.2, 0.25) is 30.1 Å². The average Bonchev–Trinajstić information content (AvgIpc) is 2.91. The molecule has 2 aromatic carbocycles. The molecule has 2 aliphatic rings. The Morgan fingerprint density at radius 2 is 1.10 bits per heavy atom. The van der Waals surface area contributed by atoms with E-state index in [4.69, 9.17) is 5.73 Å². The maximum Gasteiger partial charge on any atom is 0.240 e. The molecule has 2 aromatic rings. The van der Waals surface area contributed by atoms with Gasteiger partial charge in [-0.05, 0) is 68.0 Å². The monoisotopic (exact) mass is 612 g/mol. The highest BCUT2D eigenvalue weighted by atomic mass is 32.2. The van der Waals surface area contributed by atoms with Crippen molar-refractivity contribution in [1.82, 2.24) is 14.2 Å². The van der Waals surface area contributed by atoms with Crippen LogP contribution < -0.4 is 19.9 Å². The number of sulfonamides is 3. The van der Waals surface area contributed by atoms with Crippen LogP contribution >= 0.6 is 0 Å². The van der Waals surface area contributed by atoms with Gasteiger partial charge < -0.3 is 5.73 Å². The molecule has 2 saturated carbocycles. The van der Waals surface area contributed by atoms with Crippen molar-refractivity contribution in [2.45, 2.75) is 110 Å². The van der Waals surface area contributed by atoms with E-state index in [1.807, 2.05) is 0 Å². The summed E-state index contributed by atoms with van der Waals surface area (Å²) in [6.07, 6.45) is 7.38. The summed E-state index contributed by atoms with van der Waals surface area (Å²) in [5, 5.41) is 0. The zero-order valence-corrected chi connectivity index (χ0v) is 25.2. The van der Waals surface area contributed by atoms with Crippen LogP contribution in [-0.4, -0.2) is 49.4 Å². The number of hydrogen-bond donors (Lipinski definition) is 4. The van der Waals surface area contributed by atoms with Gasteiger partial charge in [-0.3, -0.25) is 0 Å². The molecule has 0 saturated heterocycles. The number of benzene rings is 2. The van der Waals surface area contributed by atoms with E-state index in [0.29, 0.717) is 19.3 Å². The molecule has 0 unspecified atom stereocenters. The molecule has 0 amide bonds. The number of nitrogens with one attached hydrogen (secondary N) is 3. The normalized spacial score (nSPS) is 24.6. The van der Waals surface area contributed by atoms with Gasteiger partial charge in [-0.2, -0.15) is 0 Å². The number of aryl methyl sites for hydroxylation is 1. The van der Waals surface area contributed by atoms with Crippen molar-refractivity contribution in [3.8, 4) is 0 Å². The quantitative estimate of drug-likeness (QED) is 0.303. The summed E-state index contributed by atoms with van der Waals surface area (Å²) >= 11 is 0.